The fourth-order valence-electron chi connectivity index (χ4n) is 1.84. The molecule has 1 saturated carbocycles. The quantitative estimate of drug-likeness (QED) is 0.663. The molecule has 2 aliphatic rings. The molecule has 0 amide bonds. The van der Waals surface area contributed by atoms with Gasteiger partial charge in [-0.05, 0) is 12.3 Å². The van der Waals surface area contributed by atoms with E-state index in [1.54, 1.807) is 0 Å². The minimum Gasteiger partial charge on any atom is -0.465 e. The Bertz CT molecular complexity index is 211. The molecule has 1 N–H and O–H groups in total. The number of hydrogen-bond acceptors (Lipinski definition) is 4. The SMILES string of the molecule is O=C(CN1CCNCC1)OCCC1CC1. The highest BCUT2D eigenvalue weighted by atomic mass is 16.5. The van der Waals surface area contributed by atoms with E-state index in [1.165, 1.54) is 12.8 Å². The molecule has 2 fully saturated rings. The van der Waals surface area contributed by atoms with Gasteiger partial charge >= 0.3 is 5.97 Å². The molecule has 0 aromatic rings. The fourth-order valence-corrected chi connectivity index (χ4v) is 1.84. The molecule has 1 saturated heterocycles. The van der Waals surface area contributed by atoms with Crippen LogP contribution in [0, 0.1) is 5.92 Å². The van der Waals surface area contributed by atoms with Crippen molar-refractivity contribution in [1.82, 2.24) is 10.2 Å². The van der Waals surface area contributed by atoms with Crippen molar-refractivity contribution in [1.29, 1.82) is 0 Å². The molecule has 1 aliphatic carbocycles. The second-order valence-corrected chi connectivity index (χ2v) is 4.48. The summed E-state index contributed by atoms with van der Waals surface area (Å²) in [6.45, 7) is 4.96. The number of carbonyl (C=O) groups excluding carboxylic acids is 1. The van der Waals surface area contributed by atoms with Gasteiger partial charge in [-0.15, -0.1) is 0 Å². The van der Waals surface area contributed by atoms with E-state index in [2.05, 4.69) is 10.2 Å². The van der Waals surface area contributed by atoms with Gasteiger partial charge in [-0.1, -0.05) is 12.8 Å². The Labute approximate surface area is 91.0 Å². The Kier molecular flexibility index (Phi) is 3.97. The predicted octanol–water partition coefficient (Wildman–Crippen LogP) is 0.235. The topological polar surface area (TPSA) is 41.6 Å². The first-order valence-electron chi connectivity index (χ1n) is 5.93. The number of rotatable bonds is 5. The van der Waals surface area contributed by atoms with E-state index in [0.717, 1.165) is 38.5 Å². The molecule has 4 heteroatoms. The first kappa shape index (κ1) is 10.9. The van der Waals surface area contributed by atoms with Gasteiger partial charge in [-0.25, -0.2) is 0 Å². The summed E-state index contributed by atoms with van der Waals surface area (Å²) in [5, 5.41) is 3.26. The van der Waals surface area contributed by atoms with Gasteiger partial charge in [0.05, 0.1) is 13.2 Å². The Hall–Kier alpha value is -0.610. The lowest BCUT2D eigenvalue weighted by Crippen LogP contribution is -2.45. The van der Waals surface area contributed by atoms with E-state index < -0.39 is 0 Å². The Balaban J connectivity index is 1.54. The van der Waals surface area contributed by atoms with Crippen LogP contribution in [0.15, 0.2) is 0 Å². The van der Waals surface area contributed by atoms with Crippen LogP contribution in [0.25, 0.3) is 0 Å². The van der Waals surface area contributed by atoms with E-state index in [9.17, 15) is 4.79 Å². The van der Waals surface area contributed by atoms with E-state index >= 15 is 0 Å². The molecular weight excluding hydrogens is 192 g/mol. The molecule has 1 aliphatic heterocycles. The summed E-state index contributed by atoms with van der Waals surface area (Å²) in [7, 11) is 0. The monoisotopic (exact) mass is 212 g/mol. The van der Waals surface area contributed by atoms with Crippen molar-refractivity contribution in [2.24, 2.45) is 5.92 Å². The molecule has 2 rings (SSSR count). The fraction of sp³-hybridized carbons (Fsp3) is 0.909. The van der Waals surface area contributed by atoms with Gasteiger partial charge in [-0.3, -0.25) is 9.69 Å². The molecule has 0 spiro atoms. The maximum absolute atomic E-state index is 11.4. The van der Waals surface area contributed by atoms with Crippen molar-refractivity contribution >= 4 is 5.97 Å². The van der Waals surface area contributed by atoms with Crippen LogP contribution < -0.4 is 5.32 Å². The maximum atomic E-state index is 11.4. The number of nitrogens with one attached hydrogen (secondary N) is 1. The highest BCUT2D eigenvalue weighted by Crippen LogP contribution is 2.32. The van der Waals surface area contributed by atoms with Crippen molar-refractivity contribution in [2.75, 3.05) is 39.3 Å². The lowest BCUT2D eigenvalue weighted by Gasteiger charge is -2.25. The second-order valence-electron chi connectivity index (χ2n) is 4.48. The zero-order valence-electron chi connectivity index (χ0n) is 9.21. The van der Waals surface area contributed by atoms with Crippen molar-refractivity contribution in [2.45, 2.75) is 19.3 Å². The van der Waals surface area contributed by atoms with Gasteiger partial charge in [0, 0.05) is 26.2 Å². The number of hydrogen-bond donors (Lipinski definition) is 1. The summed E-state index contributed by atoms with van der Waals surface area (Å²) in [5.74, 6) is 0.787. The lowest BCUT2D eigenvalue weighted by molar-refractivity contribution is -0.145. The van der Waals surface area contributed by atoms with Gasteiger partial charge in [0.2, 0.25) is 0 Å². The summed E-state index contributed by atoms with van der Waals surface area (Å²) < 4.78 is 5.19. The average Bonchev–Trinajstić information content (AvgIpc) is 3.03. The molecule has 0 unspecified atom stereocenters. The number of carbonyl (C=O) groups is 1. The summed E-state index contributed by atoms with van der Waals surface area (Å²) >= 11 is 0. The van der Waals surface area contributed by atoms with E-state index in [1.807, 2.05) is 0 Å². The summed E-state index contributed by atoms with van der Waals surface area (Å²) in [5.41, 5.74) is 0. The van der Waals surface area contributed by atoms with Crippen LogP contribution in [0.3, 0.4) is 0 Å². The molecule has 4 nitrogen and oxygen atoms in total. The molecule has 0 bridgehead atoms. The largest absolute Gasteiger partial charge is 0.465 e. The van der Waals surface area contributed by atoms with Crippen LogP contribution in [0.4, 0.5) is 0 Å². The van der Waals surface area contributed by atoms with E-state index in [-0.39, 0.29) is 5.97 Å². The number of ether oxygens (including phenoxy) is 1. The first-order valence-corrected chi connectivity index (χ1v) is 5.93. The highest BCUT2D eigenvalue weighted by molar-refractivity contribution is 5.71. The van der Waals surface area contributed by atoms with Gasteiger partial charge in [-0.2, -0.15) is 0 Å². The van der Waals surface area contributed by atoms with Crippen LogP contribution in [0.2, 0.25) is 0 Å². The molecule has 86 valence electrons. The van der Waals surface area contributed by atoms with Crippen LogP contribution in [-0.4, -0.2) is 50.2 Å². The molecule has 0 radical (unpaired) electrons. The van der Waals surface area contributed by atoms with Crippen molar-refractivity contribution in [3.63, 3.8) is 0 Å². The van der Waals surface area contributed by atoms with E-state index in [4.69, 9.17) is 4.74 Å². The third-order valence-corrected chi connectivity index (χ3v) is 3.05. The molecule has 0 atom stereocenters. The van der Waals surface area contributed by atoms with Crippen LogP contribution in [0.5, 0.6) is 0 Å². The zero-order valence-corrected chi connectivity index (χ0v) is 9.21. The van der Waals surface area contributed by atoms with Gasteiger partial charge in [0.15, 0.2) is 0 Å². The first-order chi connectivity index (χ1) is 7.34. The van der Waals surface area contributed by atoms with Crippen LogP contribution in [0.1, 0.15) is 19.3 Å². The van der Waals surface area contributed by atoms with E-state index in [0.29, 0.717) is 13.2 Å². The third kappa shape index (κ3) is 4.18. The van der Waals surface area contributed by atoms with Gasteiger partial charge in [0.25, 0.3) is 0 Å². The number of piperazine rings is 1. The van der Waals surface area contributed by atoms with Crippen molar-refractivity contribution in [3.05, 3.63) is 0 Å². The molecular formula is C11H20N2O2. The zero-order chi connectivity index (χ0) is 10.5. The van der Waals surface area contributed by atoms with Crippen LogP contribution >= 0.6 is 0 Å². The van der Waals surface area contributed by atoms with Gasteiger partial charge < -0.3 is 10.1 Å². The Morgan fingerprint density at radius 3 is 2.73 bits per heavy atom. The van der Waals surface area contributed by atoms with Crippen LogP contribution in [-0.2, 0) is 9.53 Å². The lowest BCUT2D eigenvalue weighted by atomic mass is 10.3. The summed E-state index contributed by atoms with van der Waals surface area (Å²) in [4.78, 5) is 13.6. The molecule has 15 heavy (non-hydrogen) atoms. The summed E-state index contributed by atoms with van der Waals surface area (Å²) in [6, 6.07) is 0. The molecule has 0 aromatic carbocycles. The standard InChI is InChI=1S/C11H20N2O2/c14-11(15-8-3-10-1-2-10)9-13-6-4-12-5-7-13/h10,12H,1-9H2. The second kappa shape index (κ2) is 5.47. The minimum atomic E-state index is -0.0578. The Morgan fingerprint density at radius 1 is 1.33 bits per heavy atom. The smallest absolute Gasteiger partial charge is 0.320 e. The average molecular weight is 212 g/mol. The Morgan fingerprint density at radius 2 is 2.07 bits per heavy atom. The summed E-state index contributed by atoms with van der Waals surface area (Å²) in [6.07, 6.45) is 3.72. The number of esters is 1. The van der Waals surface area contributed by atoms with Gasteiger partial charge in [0.1, 0.15) is 0 Å². The minimum absolute atomic E-state index is 0.0578. The maximum Gasteiger partial charge on any atom is 0.320 e. The number of nitrogens with zero attached hydrogens (tertiary/aromatic N) is 1. The molecule has 0 aromatic heterocycles. The predicted molar refractivity (Wildman–Crippen MR) is 57.6 cm³/mol. The highest BCUT2D eigenvalue weighted by Gasteiger charge is 2.21. The molecule has 1 heterocycles. The third-order valence-electron chi connectivity index (χ3n) is 3.05. The van der Waals surface area contributed by atoms with Crippen molar-refractivity contribution in [3.8, 4) is 0 Å². The van der Waals surface area contributed by atoms with Crippen molar-refractivity contribution < 1.29 is 9.53 Å². The normalized spacial score (nSPS) is 22.7.